The van der Waals surface area contributed by atoms with Crippen LogP contribution in [0.2, 0.25) is 5.02 Å². The van der Waals surface area contributed by atoms with Crippen LogP contribution in [0.25, 0.3) is 0 Å². The minimum Gasteiger partial charge on any atom is -0.352 e. The van der Waals surface area contributed by atoms with Gasteiger partial charge in [0.05, 0.1) is 6.42 Å². The van der Waals surface area contributed by atoms with Crippen LogP contribution in [-0.4, -0.2) is 28.8 Å². The van der Waals surface area contributed by atoms with Crippen LogP contribution in [0.3, 0.4) is 0 Å². The Morgan fingerprint density at radius 3 is 2.33 bits per heavy atom. The maximum Gasteiger partial charge on any atom is 0.242 e. The van der Waals surface area contributed by atoms with E-state index in [0.29, 0.717) is 11.6 Å². The monoisotopic (exact) mass is 426 g/mol. The number of nitrogens with zero attached hydrogens (tertiary/aromatic N) is 1. The highest BCUT2D eigenvalue weighted by Crippen LogP contribution is 2.21. The van der Waals surface area contributed by atoms with Crippen molar-refractivity contribution in [2.45, 2.75) is 71.0 Å². The molecule has 1 atom stereocenters. The first-order valence-corrected chi connectivity index (χ1v) is 11.2. The summed E-state index contributed by atoms with van der Waals surface area (Å²) in [5.74, 6) is -0.164. The fourth-order valence-electron chi connectivity index (χ4n) is 4.03. The van der Waals surface area contributed by atoms with Gasteiger partial charge in [-0.05, 0) is 49.4 Å². The molecular formula is C25H31ClN2O2. The van der Waals surface area contributed by atoms with Crippen molar-refractivity contribution in [3.8, 4) is 0 Å². The zero-order chi connectivity index (χ0) is 21.5. The van der Waals surface area contributed by atoms with E-state index in [2.05, 4.69) is 5.32 Å². The van der Waals surface area contributed by atoms with Gasteiger partial charge in [0.25, 0.3) is 0 Å². The van der Waals surface area contributed by atoms with Gasteiger partial charge in [-0.15, -0.1) is 0 Å². The van der Waals surface area contributed by atoms with Crippen LogP contribution in [-0.2, 0) is 22.6 Å². The molecule has 0 aliphatic heterocycles. The van der Waals surface area contributed by atoms with Gasteiger partial charge in [-0.1, -0.05) is 73.3 Å². The van der Waals surface area contributed by atoms with Crippen molar-refractivity contribution < 1.29 is 9.59 Å². The van der Waals surface area contributed by atoms with E-state index in [4.69, 9.17) is 11.6 Å². The second kappa shape index (κ2) is 10.6. The van der Waals surface area contributed by atoms with Gasteiger partial charge < -0.3 is 10.2 Å². The second-order valence-corrected chi connectivity index (χ2v) is 8.64. The number of hydrogen-bond acceptors (Lipinski definition) is 2. The highest BCUT2D eigenvalue weighted by Gasteiger charge is 2.28. The average Bonchev–Trinajstić information content (AvgIpc) is 2.75. The van der Waals surface area contributed by atoms with Crippen LogP contribution in [0.1, 0.15) is 55.7 Å². The number of benzene rings is 2. The predicted octanol–water partition coefficient (Wildman–Crippen LogP) is 5.06. The number of amides is 2. The number of nitrogens with one attached hydrogen (secondary N) is 1. The third-order valence-electron chi connectivity index (χ3n) is 6.02. The molecule has 1 unspecified atom stereocenters. The Bertz CT molecular complexity index is 877. The van der Waals surface area contributed by atoms with E-state index in [-0.39, 0.29) is 24.3 Å². The van der Waals surface area contributed by atoms with E-state index >= 15 is 0 Å². The lowest BCUT2D eigenvalue weighted by molar-refractivity contribution is -0.140. The lowest BCUT2D eigenvalue weighted by Gasteiger charge is -2.31. The average molecular weight is 427 g/mol. The van der Waals surface area contributed by atoms with Crippen LogP contribution in [0, 0.1) is 6.92 Å². The third-order valence-corrected chi connectivity index (χ3v) is 6.39. The molecule has 0 spiro atoms. The molecule has 1 saturated carbocycles. The summed E-state index contributed by atoms with van der Waals surface area (Å²) in [6, 6.07) is 15.0. The lowest BCUT2D eigenvalue weighted by atomic mass is 9.95. The summed E-state index contributed by atoms with van der Waals surface area (Å²) in [6.07, 6.45) is 5.82. The molecule has 3 rings (SSSR count). The van der Waals surface area contributed by atoms with Gasteiger partial charge >= 0.3 is 0 Å². The second-order valence-electron chi connectivity index (χ2n) is 8.24. The highest BCUT2D eigenvalue weighted by atomic mass is 35.5. The van der Waals surface area contributed by atoms with Crippen molar-refractivity contribution in [1.82, 2.24) is 10.2 Å². The largest absolute Gasteiger partial charge is 0.352 e. The Labute approximate surface area is 184 Å². The summed E-state index contributed by atoms with van der Waals surface area (Å²) in [4.78, 5) is 28.0. The number of carbonyl (C=O) groups is 2. The Kier molecular flexibility index (Phi) is 7.92. The highest BCUT2D eigenvalue weighted by molar-refractivity contribution is 6.31. The van der Waals surface area contributed by atoms with Crippen molar-refractivity contribution in [2.75, 3.05) is 0 Å². The van der Waals surface area contributed by atoms with Crippen molar-refractivity contribution in [3.05, 3.63) is 70.2 Å². The number of aryl methyl sites for hydroxylation is 1. The van der Waals surface area contributed by atoms with Gasteiger partial charge in [-0.25, -0.2) is 0 Å². The maximum absolute atomic E-state index is 13.3. The van der Waals surface area contributed by atoms with Crippen LogP contribution in [0.5, 0.6) is 0 Å². The Balaban J connectivity index is 1.78. The number of carbonyl (C=O) groups excluding carboxylic acids is 2. The molecule has 2 aromatic carbocycles. The van der Waals surface area contributed by atoms with E-state index < -0.39 is 6.04 Å². The maximum atomic E-state index is 13.3. The minimum atomic E-state index is -0.570. The molecule has 0 saturated heterocycles. The lowest BCUT2D eigenvalue weighted by Crippen LogP contribution is -2.50. The van der Waals surface area contributed by atoms with Gasteiger partial charge in [-0.3, -0.25) is 9.59 Å². The summed E-state index contributed by atoms with van der Waals surface area (Å²) < 4.78 is 0. The molecule has 1 aliphatic rings. The van der Waals surface area contributed by atoms with Gasteiger partial charge in [0, 0.05) is 17.6 Å². The van der Waals surface area contributed by atoms with E-state index in [1.165, 1.54) is 6.42 Å². The van der Waals surface area contributed by atoms with Crippen molar-refractivity contribution in [2.24, 2.45) is 0 Å². The first-order chi connectivity index (χ1) is 14.5. The summed E-state index contributed by atoms with van der Waals surface area (Å²) >= 11 is 6.36. The van der Waals surface area contributed by atoms with E-state index in [1.807, 2.05) is 62.4 Å². The molecule has 160 valence electrons. The molecule has 0 aromatic heterocycles. The van der Waals surface area contributed by atoms with Gasteiger partial charge in [0.1, 0.15) is 6.04 Å². The zero-order valence-corrected chi connectivity index (χ0v) is 18.6. The fourth-order valence-corrected chi connectivity index (χ4v) is 4.23. The van der Waals surface area contributed by atoms with E-state index in [0.717, 1.165) is 42.4 Å². The standard InChI is InChI=1S/C25H31ClN2O2/c1-18-10-6-7-11-20(18)16-24(29)28(17-21-12-8-9-15-23(21)26)19(2)25(30)27-22-13-4-3-5-14-22/h6-12,15,19,22H,3-5,13-14,16-17H2,1-2H3,(H,27,30). The fraction of sp³-hybridized carbons (Fsp3) is 0.440. The van der Waals surface area contributed by atoms with Crippen molar-refractivity contribution in [1.29, 1.82) is 0 Å². The first-order valence-electron chi connectivity index (χ1n) is 10.8. The molecule has 2 amide bonds. The molecule has 5 heteroatoms. The molecule has 4 nitrogen and oxygen atoms in total. The third kappa shape index (κ3) is 5.85. The smallest absolute Gasteiger partial charge is 0.242 e. The summed E-state index contributed by atoms with van der Waals surface area (Å²) in [5.41, 5.74) is 2.89. The zero-order valence-electron chi connectivity index (χ0n) is 17.9. The number of hydrogen-bond donors (Lipinski definition) is 1. The topological polar surface area (TPSA) is 49.4 Å². The molecule has 30 heavy (non-hydrogen) atoms. The van der Waals surface area contributed by atoms with Crippen LogP contribution in [0.4, 0.5) is 0 Å². The summed E-state index contributed by atoms with van der Waals surface area (Å²) in [6.45, 7) is 4.12. The predicted molar refractivity (Wildman–Crippen MR) is 121 cm³/mol. The molecule has 1 aliphatic carbocycles. The van der Waals surface area contributed by atoms with Crippen LogP contribution < -0.4 is 5.32 Å². The van der Waals surface area contributed by atoms with Crippen molar-refractivity contribution in [3.63, 3.8) is 0 Å². The first kappa shape index (κ1) is 22.4. The minimum absolute atomic E-state index is 0.0736. The summed E-state index contributed by atoms with van der Waals surface area (Å²) in [7, 11) is 0. The van der Waals surface area contributed by atoms with Gasteiger partial charge in [0.2, 0.25) is 11.8 Å². The van der Waals surface area contributed by atoms with Gasteiger partial charge in [0.15, 0.2) is 0 Å². The normalized spacial score (nSPS) is 15.4. The van der Waals surface area contributed by atoms with Crippen molar-refractivity contribution >= 4 is 23.4 Å². The number of halogens is 1. The molecule has 1 N–H and O–H groups in total. The molecule has 1 fully saturated rings. The van der Waals surface area contributed by atoms with E-state index in [1.54, 1.807) is 4.90 Å². The number of rotatable bonds is 7. The molecular weight excluding hydrogens is 396 g/mol. The molecule has 0 heterocycles. The van der Waals surface area contributed by atoms with E-state index in [9.17, 15) is 9.59 Å². The van der Waals surface area contributed by atoms with Crippen LogP contribution in [0.15, 0.2) is 48.5 Å². The van der Waals surface area contributed by atoms with Gasteiger partial charge in [-0.2, -0.15) is 0 Å². The Morgan fingerprint density at radius 1 is 1.03 bits per heavy atom. The quantitative estimate of drug-likeness (QED) is 0.672. The SMILES string of the molecule is Cc1ccccc1CC(=O)N(Cc1ccccc1Cl)C(C)C(=O)NC1CCCCC1. The molecule has 2 aromatic rings. The molecule has 0 radical (unpaired) electrons. The Morgan fingerprint density at radius 2 is 1.67 bits per heavy atom. The molecule has 0 bridgehead atoms. The summed E-state index contributed by atoms with van der Waals surface area (Å²) in [5, 5.41) is 3.77. The van der Waals surface area contributed by atoms with Crippen LogP contribution >= 0.6 is 11.6 Å². The Hall–Kier alpha value is -2.33.